The topological polar surface area (TPSA) is 61.7 Å². The second-order valence-electron chi connectivity index (χ2n) is 5.90. The van der Waals surface area contributed by atoms with Gasteiger partial charge in [0.2, 0.25) is 11.7 Å². The lowest BCUT2D eigenvalue weighted by Gasteiger charge is -2.14. The minimum Gasteiger partial charge on any atom is -0.493 e. The first-order valence-electron chi connectivity index (χ1n) is 8.46. The second kappa shape index (κ2) is 8.31. The number of rotatable bonds is 7. The van der Waals surface area contributed by atoms with Gasteiger partial charge in [0.15, 0.2) is 11.5 Å². The zero-order chi connectivity index (χ0) is 19.2. The Labute approximate surface area is 158 Å². The Morgan fingerprint density at radius 2 is 1.52 bits per heavy atom. The second-order valence-corrected chi connectivity index (χ2v) is 5.90. The van der Waals surface area contributed by atoms with E-state index in [4.69, 9.17) is 14.2 Å². The van der Waals surface area contributed by atoms with E-state index in [9.17, 15) is 4.79 Å². The summed E-state index contributed by atoms with van der Waals surface area (Å²) in [6, 6.07) is 15.2. The van der Waals surface area contributed by atoms with Crippen LogP contribution >= 0.6 is 0 Å². The molecule has 3 aromatic rings. The predicted molar refractivity (Wildman–Crippen MR) is 104 cm³/mol. The van der Waals surface area contributed by atoms with Gasteiger partial charge in [0.1, 0.15) is 0 Å². The number of carbonyl (C=O) groups excluding carboxylic acids is 1. The number of ether oxygens (including phenoxy) is 3. The van der Waals surface area contributed by atoms with Gasteiger partial charge in [-0.25, -0.2) is 0 Å². The highest BCUT2D eigenvalue weighted by Gasteiger charge is 2.14. The standard InChI is InChI=1S/C21H22N2O4/c1-25-18-13-16(14-19(26-2)21(18)27-3)22-20(24)12-15-6-8-17(9-7-15)23-10-4-5-11-23/h4-11,13-14H,12H2,1-3H3,(H,22,24). The van der Waals surface area contributed by atoms with Crippen molar-refractivity contribution in [3.63, 3.8) is 0 Å². The maximum absolute atomic E-state index is 12.4. The smallest absolute Gasteiger partial charge is 0.228 e. The summed E-state index contributed by atoms with van der Waals surface area (Å²) in [5.41, 5.74) is 2.56. The molecule has 6 heteroatoms. The van der Waals surface area contributed by atoms with Gasteiger partial charge in [-0.2, -0.15) is 0 Å². The van der Waals surface area contributed by atoms with E-state index in [-0.39, 0.29) is 12.3 Å². The molecule has 0 saturated carbocycles. The molecule has 1 heterocycles. The predicted octanol–water partition coefficient (Wildman–Crippen LogP) is 3.68. The molecule has 3 rings (SSSR count). The third kappa shape index (κ3) is 4.23. The molecular weight excluding hydrogens is 344 g/mol. The van der Waals surface area contributed by atoms with Crippen molar-refractivity contribution in [2.24, 2.45) is 0 Å². The van der Waals surface area contributed by atoms with Gasteiger partial charge in [-0.3, -0.25) is 4.79 Å². The van der Waals surface area contributed by atoms with Gasteiger partial charge in [0.05, 0.1) is 27.8 Å². The van der Waals surface area contributed by atoms with E-state index >= 15 is 0 Å². The molecule has 1 aromatic heterocycles. The molecule has 1 N–H and O–H groups in total. The Morgan fingerprint density at radius 1 is 0.926 bits per heavy atom. The molecule has 0 aliphatic heterocycles. The lowest BCUT2D eigenvalue weighted by molar-refractivity contribution is -0.115. The Balaban J connectivity index is 1.70. The van der Waals surface area contributed by atoms with Crippen molar-refractivity contribution in [3.8, 4) is 22.9 Å². The summed E-state index contributed by atoms with van der Waals surface area (Å²) in [6.45, 7) is 0. The van der Waals surface area contributed by atoms with E-state index < -0.39 is 0 Å². The van der Waals surface area contributed by atoms with E-state index in [1.54, 1.807) is 12.1 Å². The highest BCUT2D eigenvalue weighted by Crippen LogP contribution is 2.39. The molecule has 0 unspecified atom stereocenters. The van der Waals surface area contributed by atoms with Crippen LogP contribution in [0.4, 0.5) is 5.69 Å². The third-order valence-corrected chi connectivity index (χ3v) is 4.15. The average molecular weight is 366 g/mol. The summed E-state index contributed by atoms with van der Waals surface area (Å²) in [7, 11) is 4.61. The fourth-order valence-corrected chi connectivity index (χ4v) is 2.84. The first-order valence-corrected chi connectivity index (χ1v) is 8.46. The van der Waals surface area contributed by atoms with E-state index in [1.165, 1.54) is 21.3 Å². The summed E-state index contributed by atoms with van der Waals surface area (Å²) in [4.78, 5) is 12.4. The van der Waals surface area contributed by atoms with Crippen molar-refractivity contribution in [1.29, 1.82) is 0 Å². The van der Waals surface area contributed by atoms with Crippen LogP contribution in [-0.2, 0) is 11.2 Å². The number of hydrogen-bond donors (Lipinski definition) is 1. The normalized spacial score (nSPS) is 10.3. The maximum Gasteiger partial charge on any atom is 0.228 e. The van der Waals surface area contributed by atoms with Crippen LogP contribution in [-0.4, -0.2) is 31.8 Å². The van der Waals surface area contributed by atoms with Crippen molar-refractivity contribution in [2.75, 3.05) is 26.6 Å². The van der Waals surface area contributed by atoms with Crippen molar-refractivity contribution in [1.82, 2.24) is 4.57 Å². The SMILES string of the molecule is COc1cc(NC(=O)Cc2ccc(-n3cccc3)cc2)cc(OC)c1OC. The summed E-state index contributed by atoms with van der Waals surface area (Å²) in [6.07, 6.45) is 4.22. The van der Waals surface area contributed by atoms with Crippen molar-refractivity contribution < 1.29 is 19.0 Å². The molecule has 27 heavy (non-hydrogen) atoms. The molecule has 0 saturated heterocycles. The first kappa shape index (κ1) is 18.4. The van der Waals surface area contributed by atoms with Gasteiger partial charge in [-0.1, -0.05) is 12.1 Å². The van der Waals surface area contributed by atoms with E-state index in [0.29, 0.717) is 22.9 Å². The first-order chi connectivity index (χ1) is 13.1. The highest BCUT2D eigenvalue weighted by atomic mass is 16.5. The zero-order valence-corrected chi connectivity index (χ0v) is 15.6. The molecule has 2 aromatic carbocycles. The number of aromatic nitrogens is 1. The van der Waals surface area contributed by atoms with Crippen LogP contribution in [0, 0.1) is 0 Å². The number of nitrogens with zero attached hydrogens (tertiary/aromatic N) is 1. The number of nitrogens with one attached hydrogen (secondary N) is 1. The van der Waals surface area contributed by atoms with E-state index in [2.05, 4.69) is 5.32 Å². The van der Waals surface area contributed by atoms with Gasteiger partial charge in [-0.15, -0.1) is 0 Å². The summed E-state index contributed by atoms with van der Waals surface area (Å²) < 4.78 is 17.9. The van der Waals surface area contributed by atoms with Crippen LogP contribution in [0.2, 0.25) is 0 Å². The summed E-state index contributed by atoms with van der Waals surface area (Å²) >= 11 is 0. The fourth-order valence-electron chi connectivity index (χ4n) is 2.84. The number of anilines is 1. The molecule has 0 radical (unpaired) electrons. The molecule has 0 aliphatic rings. The number of benzene rings is 2. The molecule has 0 aliphatic carbocycles. The maximum atomic E-state index is 12.4. The van der Waals surface area contributed by atoms with Crippen LogP contribution < -0.4 is 19.5 Å². The molecular formula is C21H22N2O4. The Morgan fingerprint density at radius 3 is 2.04 bits per heavy atom. The highest BCUT2D eigenvalue weighted by molar-refractivity contribution is 5.93. The number of methoxy groups -OCH3 is 3. The molecule has 6 nitrogen and oxygen atoms in total. The molecule has 0 atom stereocenters. The van der Waals surface area contributed by atoms with Crippen molar-refractivity contribution in [2.45, 2.75) is 6.42 Å². The lowest BCUT2D eigenvalue weighted by atomic mass is 10.1. The van der Waals surface area contributed by atoms with Crippen LogP contribution in [0.5, 0.6) is 17.2 Å². The molecule has 0 spiro atoms. The Hall–Kier alpha value is -3.41. The summed E-state index contributed by atoms with van der Waals surface area (Å²) in [5.74, 6) is 1.34. The van der Waals surface area contributed by atoms with Crippen molar-refractivity contribution >= 4 is 11.6 Å². The number of amides is 1. The monoisotopic (exact) mass is 366 g/mol. The molecule has 1 amide bonds. The molecule has 0 bridgehead atoms. The average Bonchev–Trinajstić information content (AvgIpc) is 3.22. The van der Waals surface area contributed by atoms with E-state index in [0.717, 1.165) is 11.3 Å². The number of hydrogen-bond acceptors (Lipinski definition) is 4. The third-order valence-electron chi connectivity index (χ3n) is 4.15. The van der Waals surface area contributed by atoms with Gasteiger partial charge in [0, 0.05) is 35.9 Å². The fraction of sp³-hybridized carbons (Fsp3) is 0.190. The van der Waals surface area contributed by atoms with Crippen molar-refractivity contribution in [3.05, 3.63) is 66.5 Å². The minimum atomic E-state index is -0.127. The van der Waals surface area contributed by atoms with Gasteiger partial charge < -0.3 is 24.1 Å². The van der Waals surface area contributed by atoms with Crippen LogP contribution in [0.3, 0.4) is 0 Å². The van der Waals surface area contributed by atoms with Crippen LogP contribution in [0.1, 0.15) is 5.56 Å². The Kier molecular flexibility index (Phi) is 5.66. The molecule has 0 fully saturated rings. The Bertz CT molecular complexity index is 877. The minimum absolute atomic E-state index is 0.127. The van der Waals surface area contributed by atoms with Crippen LogP contribution in [0.15, 0.2) is 60.9 Å². The molecule has 140 valence electrons. The lowest BCUT2D eigenvalue weighted by Crippen LogP contribution is -2.14. The van der Waals surface area contributed by atoms with Gasteiger partial charge >= 0.3 is 0 Å². The van der Waals surface area contributed by atoms with Gasteiger partial charge in [-0.05, 0) is 29.8 Å². The van der Waals surface area contributed by atoms with Gasteiger partial charge in [0.25, 0.3) is 0 Å². The summed E-state index contributed by atoms with van der Waals surface area (Å²) in [5, 5.41) is 2.87. The zero-order valence-electron chi connectivity index (χ0n) is 15.6. The quantitative estimate of drug-likeness (QED) is 0.693. The largest absolute Gasteiger partial charge is 0.493 e. The number of carbonyl (C=O) groups is 1. The van der Waals surface area contributed by atoms with E-state index in [1.807, 2.05) is 53.4 Å². The van der Waals surface area contributed by atoms with Crippen LogP contribution in [0.25, 0.3) is 5.69 Å².